The topological polar surface area (TPSA) is 87.0 Å². The van der Waals surface area contributed by atoms with Crippen molar-refractivity contribution in [1.29, 1.82) is 0 Å². The van der Waals surface area contributed by atoms with Gasteiger partial charge in [-0.05, 0) is 86.2 Å². The zero-order valence-corrected chi connectivity index (χ0v) is 19.8. The summed E-state index contributed by atoms with van der Waals surface area (Å²) in [5.41, 5.74) is 2.08. The van der Waals surface area contributed by atoms with Crippen LogP contribution >= 0.6 is 0 Å². The van der Waals surface area contributed by atoms with Crippen molar-refractivity contribution in [1.82, 2.24) is 0 Å². The lowest BCUT2D eigenvalue weighted by Gasteiger charge is -2.44. The van der Waals surface area contributed by atoms with Gasteiger partial charge in [-0.2, -0.15) is 0 Å². The number of cyclic esters (lactones) is 1. The minimum Gasteiger partial charge on any atom is -0.460 e. The summed E-state index contributed by atoms with van der Waals surface area (Å²) in [6, 6.07) is 0. The van der Waals surface area contributed by atoms with Gasteiger partial charge in [0.1, 0.15) is 6.10 Å². The van der Waals surface area contributed by atoms with Crippen LogP contribution < -0.4 is 0 Å². The highest BCUT2D eigenvalue weighted by atomic mass is 16.6. The van der Waals surface area contributed by atoms with Crippen LogP contribution in [0.4, 0.5) is 0 Å². The first-order valence-electron chi connectivity index (χ1n) is 12.4. The fourth-order valence-corrected chi connectivity index (χ4v) is 7.24. The maximum Gasteiger partial charge on any atom is 0.338 e. The predicted octanol–water partition coefficient (Wildman–Crippen LogP) is 4.22. The molecule has 1 saturated heterocycles. The molecule has 3 N–H and O–H groups in total. The van der Waals surface area contributed by atoms with Crippen LogP contribution in [0.25, 0.3) is 0 Å². The van der Waals surface area contributed by atoms with Crippen LogP contribution in [0.15, 0.2) is 35.5 Å². The van der Waals surface area contributed by atoms with Crippen molar-refractivity contribution in [2.24, 2.45) is 23.2 Å². The number of carbonyl (C=O) groups is 1. The number of aliphatic hydroxyl groups excluding tert-OH is 2. The van der Waals surface area contributed by atoms with E-state index < -0.39 is 23.8 Å². The summed E-state index contributed by atoms with van der Waals surface area (Å²) in [6.45, 7) is 10.3. The molecule has 178 valence electrons. The van der Waals surface area contributed by atoms with E-state index in [-0.39, 0.29) is 11.5 Å². The third-order valence-corrected chi connectivity index (χ3v) is 8.96. The van der Waals surface area contributed by atoms with E-state index in [1.807, 2.05) is 0 Å². The van der Waals surface area contributed by atoms with Gasteiger partial charge in [-0.15, -0.1) is 0 Å². The molecule has 4 fully saturated rings. The molecule has 3 aliphatic carbocycles. The molecule has 1 unspecified atom stereocenters. The van der Waals surface area contributed by atoms with Gasteiger partial charge in [-0.25, -0.2) is 4.79 Å². The molecular weight excluding hydrogens is 404 g/mol. The van der Waals surface area contributed by atoms with Crippen molar-refractivity contribution in [3.8, 4) is 0 Å². The van der Waals surface area contributed by atoms with Gasteiger partial charge in [0, 0.05) is 12.8 Å². The van der Waals surface area contributed by atoms with Gasteiger partial charge in [0.05, 0.1) is 12.2 Å². The van der Waals surface area contributed by atoms with Gasteiger partial charge in [0.2, 0.25) is 0 Å². The Morgan fingerprint density at radius 1 is 1.25 bits per heavy atom. The minimum absolute atomic E-state index is 0.186. The summed E-state index contributed by atoms with van der Waals surface area (Å²) in [7, 11) is 0. The number of hydrogen-bond acceptors (Lipinski definition) is 5. The van der Waals surface area contributed by atoms with E-state index >= 15 is 0 Å². The van der Waals surface area contributed by atoms with Crippen LogP contribution in [0.5, 0.6) is 0 Å². The third-order valence-electron chi connectivity index (χ3n) is 8.96. The Hall–Kier alpha value is -1.43. The summed E-state index contributed by atoms with van der Waals surface area (Å²) in [4.78, 5) is 11.9. The van der Waals surface area contributed by atoms with Gasteiger partial charge in [0.25, 0.3) is 0 Å². The minimum atomic E-state index is -1.34. The van der Waals surface area contributed by atoms with Crippen molar-refractivity contribution >= 4 is 5.97 Å². The fraction of sp³-hybridized carbons (Fsp3) is 0.741. The summed E-state index contributed by atoms with van der Waals surface area (Å²) < 4.78 is 5.47. The first-order chi connectivity index (χ1) is 15.0. The van der Waals surface area contributed by atoms with E-state index in [9.17, 15) is 20.1 Å². The average molecular weight is 445 g/mol. The van der Waals surface area contributed by atoms with E-state index in [1.165, 1.54) is 31.3 Å². The molecule has 1 heterocycles. The zero-order valence-electron chi connectivity index (χ0n) is 19.8. The quantitative estimate of drug-likeness (QED) is 0.565. The van der Waals surface area contributed by atoms with Crippen LogP contribution in [0, 0.1) is 23.2 Å². The summed E-state index contributed by atoms with van der Waals surface area (Å²) in [5.74, 6) is 1.06. The first-order valence-corrected chi connectivity index (χ1v) is 12.4. The molecule has 0 aromatic rings. The Balaban J connectivity index is 1.47. The monoisotopic (exact) mass is 444 g/mol. The second-order valence-electron chi connectivity index (χ2n) is 11.4. The summed E-state index contributed by atoms with van der Waals surface area (Å²) >= 11 is 0. The maximum atomic E-state index is 11.9. The van der Waals surface area contributed by atoms with Crippen molar-refractivity contribution in [2.75, 3.05) is 0 Å². The van der Waals surface area contributed by atoms with Crippen LogP contribution in [0.2, 0.25) is 0 Å². The van der Waals surface area contributed by atoms with Crippen LogP contribution in [-0.2, 0) is 9.53 Å². The standard InChI is InChI=1S/C27H40O5/c1-16(12-21-15-27(4,31)25(30)32-21)22-9-10-23-18(6-5-11-26(22,23)3)7-8-19-13-20(28)14-24(29)17(19)2/h7-8,16,20-24,28-29,31H,2,5-6,9-15H2,1,3-4H3/b18-7+,19-8-/t16-,20-,21+,22-,23+,24+,26-,27?/m1/s1. The Kier molecular flexibility index (Phi) is 6.47. The van der Waals surface area contributed by atoms with Gasteiger partial charge in [-0.1, -0.05) is 38.2 Å². The summed E-state index contributed by atoms with van der Waals surface area (Å²) in [5, 5.41) is 30.4. The van der Waals surface area contributed by atoms with Gasteiger partial charge < -0.3 is 20.1 Å². The molecule has 0 radical (unpaired) electrons. The summed E-state index contributed by atoms with van der Waals surface area (Å²) in [6.07, 6.45) is 11.0. The Morgan fingerprint density at radius 3 is 2.69 bits per heavy atom. The number of esters is 1. The largest absolute Gasteiger partial charge is 0.460 e. The predicted molar refractivity (Wildman–Crippen MR) is 124 cm³/mol. The average Bonchev–Trinajstić information content (AvgIpc) is 3.18. The van der Waals surface area contributed by atoms with Crippen molar-refractivity contribution < 1.29 is 24.9 Å². The van der Waals surface area contributed by atoms with Crippen LogP contribution in [-0.4, -0.2) is 45.2 Å². The highest BCUT2D eigenvalue weighted by molar-refractivity contribution is 5.80. The van der Waals surface area contributed by atoms with Gasteiger partial charge >= 0.3 is 5.97 Å². The molecular formula is C27H40O5. The van der Waals surface area contributed by atoms with E-state index in [1.54, 1.807) is 6.92 Å². The number of aliphatic hydroxyl groups is 3. The molecule has 1 aliphatic heterocycles. The van der Waals surface area contributed by atoms with Crippen molar-refractivity contribution in [3.63, 3.8) is 0 Å². The zero-order chi connectivity index (χ0) is 23.3. The highest BCUT2D eigenvalue weighted by Gasteiger charge is 2.52. The first kappa shape index (κ1) is 23.7. The molecule has 8 atom stereocenters. The molecule has 0 amide bonds. The van der Waals surface area contributed by atoms with E-state index in [0.29, 0.717) is 37.0 Å². The maximum absolute atomic E-state index is 11.9. The smallest absolute Gasteiger partial charge is 0.338 e. The second-order valence-corrected chi connectivity index (χ2v) is 11.4. The lowest BCUT2D eigenvalue weighted by Crippen LogP contribution is -2.36. The number of rotatable bonds is 4. The van der Waals surface area contributed by atoms with E-state index in [4.69, 9.17) is 4.74 Å². The van der Waals surface area contributed by atoms with E-state index in [0.717, 1.165) is 24.0 Å². The van der Waals surface area contributed by atoms with Gasteiger partial charge in [-0.3, -0.25) is 0 Å². The SMILES string of the molecule is C=C1/C(=C\C=C2/CCC[C@]3(C)[C@@H]([C@H](C)C[C@H]4CC(C)(O)C(=O)O4)CC[C@@H]23)C[C@@H](O)C[C@@H]1O. The van der Waals surface area contributed by atoms with Crippen LogP contribution in [0.1, 0.15) is 78.6 Å². The fourth-order valence-electron chi connectivity index (χ4n) is 7.24. The molecule has 0 aromatic heterocycles. The second kappa shape index (κ2) is 8.73. The molecule has 0 spiro atoms. The molecule has 5 nitrogen and oxygen atoms in total. The Labute approximate surface area is 192 Å². The molecule has 3 saturated carbocycles. The Morgan fingerprint density at radius 2 is 2.00 bits per heavy atom. The number of fused-ring (bicyclic) bond motifs is 1. The Bertz CT molecular complexity index is 824. The molecule has 4 aliphatic rings. The number of ether oxygens (including phenoxy) is 1. The third kappa shape index (κ3) is 4.36. The molecule has 0 aromatic carbocycles. The normalized spacial score (nSPS) is 45.9. The molecule has 32 heavy (non-hydrogen) atoms. The molecule has 5 heteroatoms. The van der Waals surface area contributed by atoms with Crippen LogP contribution in [0.3, 0.4) is 0 Å². The lowest BCUT2D eigenvalue weighted by atomic mass is 9.60. The number of hydrogen-bond donors (Lipinski definition) is 3. The molecule has 0 bridgehead atoms. The van der Waals surface area contributed by atoms with Crippen molar-refractivity contribution in [2.45, 2.75) is 102 Å². The lowest BCUT2D eigenvalue weighted by molar-refractivity contribution is -0.154. The highest BCUT2D eigenvalue weighted by Crippen LogP contribution is 2.60. The van der Waals surface area contributed by atoms with Crippen molar-refractivity contribution in [3.05, 3.63) is 35.5 Å². The molecule has 4 rings (SSSR count). The number of carbonyl (C=O) groups excluding carboxylic acids is 1. The van der Waals surface area contributed by atoms with E-state index in [2.05, 4.69) is 32.6 Å². The number of allylic oxidation sites excluding steroid dienone is 3. The van der Waals surface area contributed by atoms with Gasteiger partial charge in [0.15, 0.2) is 5.60 Å².